The normalized spacial score (nSPS) is 17.0. The van der Waals surface area contributed by atoms with E-state index in [1.54, 1.807) is 41.6 Å². The van der Waals surface area contributed by atoms with Crippen LogP contribution in [0.2, 0.25) is 0 Å². The van der Waals surface area contributed by atoms with Gasteiger partial charge in [0.1, 0.15) is 18.7 Å². The van der Waals surface area contributed by atoms with E-state index in [1.165, 1.54) is 0 Å². The number of rotatable bonds is 7. The molecule has 1 fully saturated rings. The predicted octanol–water partition coefficient (Wildman–Crippen LogP) is 0.747. The number of ether oxygens (including phenoxy) is 1. The number of nitrogens with zero attached hydrogens (tertiary/aromatic N) is 5. The summed E-state index contributed by atoms with van der Waals surface area (Å²) in [4.78, 5) is 26.3. The molecule has 3 heterocycles. The molecule has 3 rings (SSSR count). The monoisotopic (exact) mass is 330 g/mol. The maximum atomic E-state index is 12.1. The number of amides is 1. The van der Waals surface area contributed by atoms with Crippen molar-refractivity contribution in [3.05, 3.63) is 36.8 Å². The average molecular weight is 330 g/mol. The Hall–Kier alpha value is -2.48. The molecular weight excluding hydrogens is 308 g/mol. The van der Waals surface area contributed by atoms with Crippen LogP contribution in [0.25, 0.3) is 0 Å². The van der Waals surface area contributed by atoms with E-state index < -0.39 is 0 Å². The van der Waals surface area contributed by atoms with Gasteiger partial charge in [0.05, 0.1) is 18.6 Å². The quantitative estimate of drug-likeness (QED) is 0.806. The highest BCUT2D eigenvalue weighted by atomic mass is 16.5. The molecule has 1 N–H and O–H groups in total. The van der Waals surface area contributed by atoms with Crippen LogP contribution in [0.5, 0.6) is 0 Å². The molecule has 8 nitrogen and oxygen atoms in total. The molecule has 0 saturated carbocycles. The molecule has 2 aromatic rings. The standard InChI is InChI=1S/C16H22N6O2/c1-21(16(23)9-22-6-3-17-12-22)5-4-18-15-8-14(19-11-20-15)13-2-7-24-10-13/h3,6,8,11-13H,2,4-5,7,9-10H2,1H3,(H,18,19,20)/t13-/m0/s1. The highest BCUT2D eigenvalue weighted by Gasteiger charge is 2.19. The van der Waals surface area contributed by atoms with Crippen molar-refractivity contribution in [2.75, 3.05) is 38.7 Å². The zero-order valence-corrected chi connectivity index (χ0v) is 13.8. The van der Waals surface area contributed by atoms with E-state index in [0.717, 1.165) is 31.1 Å². The van der Waals surface area contributed by atoms with E-state index in [2.05, 4.69) is 20.3 Å². The molecule has 0 bridgehead atoms. The Kier molecular flexibility index (Phi) is 5.37. The number of carbonyl (C=O) groups excluding carboxylic acids is 1. The minimum atomic E-state index is 0.0429. The summed E-state index contributed by atoms with van der Waals surface area (Å²) in [5.74, 6) is 1.18. The molecule has 0 spiro atoms. The summed E-state index contributed by atoms with van der Waals surface area (Å²) < 4.78 is 7.16. The zero-order chi connectivity index (χ0) is 16.8. The fourth-order valence-corrected chi connectivity index (χ4v) is 2.59. The molecule has 0 radical (unpaired) electrons. The molecule has 0 aliphatic carbocycles. The average Bonchev–Trinajstić information content (AvgIpc) is 3.28. The van der Waals surface area contributed by atoms with Gasteiger partial charge >= 0.3 is 0 Å². The highest BCUT2D eigenvalue weighted by molar-refractivity contribution is 5.75. The van der Waals surface area contributed by atoms with Crippen molar-refractivity contribution in [1.29, 1.82) is 0 Å². The minimum absolute atomic E-state index is 0.0429. The second-order valence-corrected chi connectivity index (χ2v) is 5.87. The molecule has 1 saturated heterocycles. The summed E-state index contributed by atoms with van der Waals surface area (Å²) in [5, 5.41) is 3.25. The van der Waals surface area contributed by atoms with Crippen molar-refractivity contribution in [2.45, 2.75) is 18.9 Å². The van der Waals surface area contributed by atoms with Crippen molar-refractivity contribution in [3.63, 3.8) is 0 Å². The van der Waals surface area contributed by atoms with Crippen LogP contribution < -0.4 is 5.32 Å². The van der Waals surface area contributed by atoms with Crippen LogP contribution in [0.4, 0.5) is 5.82 Å². The molecule has 128 valence electrons. The maximum Gasteiger partial charge on any atom is 0.242 e. The number of hydrogen-bond donors (Lipinski definition) is 1. The van der Waals surface area contributed by atoms with E-state index in [1.807, 2.05) is 6.07 Å². The lowest BCUT2D eigenvalue weighted by atomic mass is 10.1. The number of likely N-dealkylation sites (N-methyl/N-ethyl adjacent to an activating group) is 1. The van der Waals surface area contributed by atoms with E-state index >= 15 is 0 Å². The lowest BCUT2D eigenvalue weighted by Gasteiger charge is -2.18. The Morgan fingerprint density at radius 3 is 3.17 bits per heavy atom. The van der Waals surface area contributed by atoms with E-state index in [-0.39, 0.29) is 5.91 Å². The van der Waals surface area contributed by atoms with Gasteiger partial charge in [0.2, 0.25) is 5.91 Å². The Morgan fingerprint density at radius 1 is 1.50 bits per heavy atom. The van der Waals surface area contributed by atoms with Gasteiger partial charge in [0, 0.05) is 51.1 Å². The molecule has 1 amide bonds. The Balaban J connectivity index is 1.45. The van der Waals surface area contributed by atoms with Crippen LogP contribution in [0.1, 0.15) is 18.0 Å². The first-order valence-electron chi connectivity index (χ1n) is 8.05. The van der Waals surface area contributed by atoms with E-state index in [9.17, 15) is 4.79 Å². The van der Waals surface area contributed by atoms with E-state index in [0.29, 0.717) is 25.6 Å². The summed E-state index contributed by atoms with van der Waals surface area (Å²) >= 11 is 0. The molecule has 1 aliphatic heterocycles. The number of imidazole rings is 1. The van der Waals surface area contributed by atoms with Gasteiger partial charge in [-0.15, -0.1) is 0 Å². The summed E-state index contributed by atoms with van der Waals surface area (Å²) in [6, 6.07) is 1.96. The van der Waals surface area contributed by atoms with Gasteiger partial charge in [0.25, 0.3) is 0 Å². The van der Waals surface area contributed by atoms with Gasteiger partial charge < -0.3 is 19.5 Å². The molecule has 1 atom stereocenters. The third-order valence-corrected chi connectivity index (χ3v) is 4.09. The van der Waals surface area contributed by atoms with Crippen molar-refractivity contribution >= 4 is 11.7 Å². The number of hydrogen-bond acceptors (Lipinski definition) is 6. The van der Waals surface area contributed by atoms with Crippen LogP contribution in [-0.4, -0.2) is 63.7 Å². The van der Waals surface area contributed by atoms with Gasteiger partial charge in [-0.2, -0.15) is 0 Å². The van der Waals surface area contributed by atoms with Crippen molar-refractivity contribution in [1.82, 2.24) is 24.4 Å². The SMILES string of the molecule is CN(CCNc1cc([C@H]2CCOC2)ncn1)C(=O)Cn1ccnc1. The largest absolute Gasteiger partial charge is 0.381 e. The third kappa shape index (κ3) is 4.29. The Labute approximate surface area is 140 Å². The Bertz CT molecular complexity index is 654. The van der Waals surface area contributed by atoms with Crippen molar-refractivity contribution in [2.24, 2.45) is 0 Å². The van der Waals surface area contributed by atoms with Gasteiger partial charge in [0.15, 0.2) is 0 Å². The molecule has 2 aromatic heterocycles. The summed E-state index contributed by atoms with van der Waals surface area (Å²) in [6.45, 7) is 3.04. The number of nitrogens with one attached hydrogen (secondary N) is 1. The summed E-state index contributed by atoms with van der Waals surface area (Å²) in [7, 11) is 1.79. The molecule has 0 aromatic carbocycles. The number of aromatic nitrogens is 4. The van der Waals surface area contributed by atoms with Crippen molar-refractivity contribution in [3.8, 4) is 0 Å². The van der Waals surface area contributed by atoms with Crippen LogP contribution >= 0.6 is 0 Å². The lowest BCUT2D eigenvalue weighted by molar-refractivity contribution is -0.130. The lowest BCUT2D eigenvalue weighted by Crippen LogP contribution is -2.33. The van der Waals surface area contributed by atoms with Gasteiger partial charge in [-0.05, 0) is 6.42 Å². The predicted molar refractivity (Wildman–Crippen MR) is 88.6 cm³/mol. The van der Waals surface area contributed by atoms with Crippen LogP contribution in [0, 0.1) is 0 Å². The molecule has 8 heteroatoms. The first-order chi connectivity index (χ1) is 11.7. The first-order valence-corrected chi connectivity index (χ1v) is 8.05. The summed E-state index contributed by atoms with van der Waals surface area (Å²) in [5.41, 5.74) is 1.01. The Morgan fingerprint density at radius 2 is 2.42 bits per heavy atom. The van der Waals surface area contributed by atoms with Crippen LogP contribution in [-0.2, 0) is 16.1 Å². The minimum Gasteiger partial charge on any atom is -0.381 e. The zero-order valence-electron chi connectivity index (χ0n) is 13.8. The fourth-order valence-electron chi connectivity index (χ4n) is 2.59. The second kappa shape index (κ2) is 7.87. The third-order valence-electron chi connectivity index (χ3n) is 4.09. The second-order valence-electron chi connectivity index (χ2n) is 5.87. The van der Waals surface area contributed by atoms with Gasteiger partial charge in [-0.3, -0.25) is 4.79 Å². The molecule has 24 heavy (non-hydrogen) atoms. The number of anilines is 1. The maximum absolute atomic E-state index is 12.1. The summed E-state index contributed by atoms with van der Waals surface area (Å²) in [6.07, 6.45) is 7.65. The van der Waals surface area contributed by atoms with Crippen molar-refractivity contribution < 1.29 is 9.53 Å². The topological polar surface area (TPSA) is 85.2 Å². The van der Waals surface area contributed by atoms with Crippen LogP contribution in [0.3, 0.4) is 0 Å². The fraction of sp³-hybridized carbons (Fsp3) is 0.500. The smallest absolute Gasteiger partial charge is 0.242 e. The van der Waals surface area contributed by atoms with E-state index in [4.69, 9.17) is 4.74 Å². The molecule has 1 aliphatic rings. The molecule has 0 unspecified atom stereocenters. The highest BCUT2D eigenvalue weighted by Crippen LogP contribution is 2.24. The van der Waals surface area contributed by atoms with Gasteiger partial charge in [-0.1, -0.05) is 0 Å². The van der Waals surface area contributed by atoms with Crippen LogP contribution in [0.15, 0.2) is 31.1 Å². The first kappa shape index (κ1) is 16.4. The van der Waals surface area contributed by atoms with Gasteiger partial charge in [-0.25, -0.2) is 15.0 Å². The molecular formula is C16H22N6O2. The number of carbonyl (C=O) groups is 1.